The Labute approximate surface area is 121 Å². The minimum absolute atomic E-state index is 0.327. The molecule has 1 aromatic rings. The third kappa shape index (κ3) is 3.02. The molecule has 0 spiro atoms. The predicted molar refractivity (Wildman–Crippen MR) is 81.2 cm³/mol. The zero-order chi connectivity index (χ0) is 14.6. The van der Waals surface area contributed by atoms with Gasteiger partial charge in [0.2, 0.25) is 5.91 Å². The third-order valence-corrected chi connectivity index (χ3v) is 4.42. The maximum atomic E-state index is 12.1. The van der Waals surface area contributed by atoms with E-state index in [0.29, 0.717) is 6.54 Å². The zero-order valence-electron chi connectivity index (χ0n) is 12.4. The molecule has 110 valence electrons. The second-order valence-electron chi connectivity index (χ2n) is 5.88. The lowest BCUT2D eigenvalue weighted by Crippen LogP contribution is -2.57. The van der Waals surface area contributed by atoms with Crippen LogP contribution < -0.4 is 11.1 Å². The Bertz CT molecular complexity index is 444. The maximum Gasteiger partial charge on any atom is 0.243 e. The van der Waals surface area contributed by atoms with E-state index < -0.39 is 5.54 Å². The summed E-state index contributed by atoms with van der Waals surface area (Å²) in [6.45, 7) is 1.63. The lowest BCUT2D eigenvalue weighted by molar-refractivity contribution is -0.125. The van der Waals surface area contributed by atoms with Gasteiger partial charge >= 0.3 is 0 Å². The third-order valence-electron chi connectivity index (χ3n) is 4.42. The molecule has 20 heavy (non-hydrogen) atoms. The van der Waals surface area contributed by atoms with Crippen LogP contribution >= 0.6 is 0 Å². The number of primary amides is 1. The van der Waals surface area contributed by atoms with Gasteiger partial charge in [-0.1, -0.05) is 36.8 Å². The van der Waals surface area contributed by atoms with Gasteiger partial charge < -0.3 is 16.0 Å². The molecular formula is C16H25N3O. The molecule has 1 fully saturated rings. The minimum atomic E-state index is -0.820. The molecular weight excluding hydrogens is 250 g/mol. The van der Waals surface area contributed by atoms with Crippen molar-refractivity contribution >= 4 is 5.91 Å². The highest BCUT2D eigenvalue weighted by Crippen LogP contribution is 2.28. The first-order valence-corrected chi connectivity index (χ1v) is 7.31. The summed E-state index contributed by atoms with van der Waals surface area (Å²) in [6, 6.07) is 9.74. The number of nitrogens with two attached hydrogens (primary N) is 1. The Hall–Kier alpha value is -1.39. The molecule has 0 heterocycles. The van der Waals surface area contributed by atoms with Gasteiger partial charge in [0.25, 0.3) is 0 Å². The summed E-state index contributed by atoms with van der Waals surface area (Å²) >= 11 is 0. The van der Waals surface area contributed by atoms with E-state index in [4.69, 9.17) is 5.73 Å². The summed E-state index contributed by atoms with van der Waals surface area (Å²) in [5, 5.41) is 3.16. The van der Waals surface area contributed by atoms with Gasteiger partial charge in [0.05, 0.1) is 0 Å². The van der Waals surface area contributed by atoms with E-state index in [0.717, 1.165) is 18.0 Å². The Balaban J connectivity index is 2.16. The van der Waals surface area contributed by atoms with Gasteiger partial charge in [-0.15, -0.1) is 0 Å². The summed E-state index contributed by atoms with van der Waals surface area (Å²) in [5.74, 6) is 0.449. The van der Waals surface area contributed by atoms with Crippen LogP contribution in [0.2, 0.25) is 0 Å². The van der Waals surface area contributed by atoms with Gasteiger partial charge in [0.1, 0.15) is 5.54 Å². The number of carbonyl (C=O) groups is 1. The Morgan fingerprint density at radius 2 is 2.05 bits per heavy atom. The lowest BCUT2D eigenvalue weighted by Gasteiger charge is -2.37. The van der Waals surface area contributed by atoms with Gasteiger partial charge in [-0.3, -0.25) is 4.79 Å². The molecule has 0 saturated heterocycles. The number of nitrogens with one attached hydrogen (secondary N) is 1. The molecule has 3 N–H and O–H groups in total. The monoisotopic (exact) mass is 275 g/mol. The van der Waals surface area contributed by atoms with Gasteiger partial charge in [-0.25, -0.2) is 0 Å². The van der Waals surface area contributed by atoms with Crippen LogP contribution in [-0.2, 0) is 10.3 Å². The van der Waals surface area contributed by atoms with Crippen LogP contribution in [0.25, 0.3) is 0 Å². The number of benzene rings is 1. The van der Waals surface area contributed by atoms with E-state index >= 15 is 0 Å². The molecule has 1 aromatic carbocycles. The van der Waals surface area contributed by atoms with Crippen LogP contribution in [0.15, 0.2) is 30.3 Å². The molecule has 0 aliphatic heterocycles. The summed E-state index contributed by atoms with van der Waals surface area (Å²) in [6.07, 6.45) is 3.95. The van der Waals surface area contributed by atoms with Crippen molar-refractivity contribution in [3.8, 4) is 0 Å². The fourth-order valence-corrected chi connectivity index (χ4v) is 2.97. The van der Waals surface area contributed by atoms with Gasteiger partial charge in [-0.05, 0) is 38.4 Å². The first kappa shape index (κ1) is 15.0. The molecule has 1 saturated carbocycles. The van der Waals surface area contributed by atoms with Gasteiger partial charge in [0.15, 0.2) is 0 Å². The van der Waals surface area contributed by atoms with Crippen LogP contribution in [-0.4, -0.2) is 38.0 Å². The number of nitrogens with zero attached hydrogens (tertiary/aromatic N) is 1. The number of rotatable bonds is 7. The van der Waals surface area contributed by atoms with Crippen molar-refractivity contribution < 1.29 is 4.79 Å². The number of hydrogen-bond acceptors (Lipinski definition) is 3. The topological polar surface area (TPSA) is 58.4 Å². The highest BCUT2D eigenvalue weighted by atomic mass is 16.1. The van der Waals surface area contributed by atoms with Crippen LogP contribution in [0.4, 0.5) is 0 Å². The highest BCUT2D eigenvalue weighted by molar-refractivity contribution is 5.86. The summed E-state index contributed by atoms with van der Waals surface area (Å²) in [4.78, 5) is 14.3. The molecule has 4 heteroatoms. The molecule has 0 bridgehead atoms. The summed E-state index contributed by atoms with van der Waals surface area (Å²) in [5.41, 5.74) is 5.82. The Kier molecular flexibility index (Phi) is 4.78. The molecule has 1 aliphatic carbocycles. The average Bonchev–Trinajstić information content (AvgIpc) is 2.41. The van der Waals surface area contributed by atoms with Crippen molar-refractivity contribution in [2.75, 3.05) is 27.2 Å². The van der Waals surface area contributed by atoms with E-state index in [-0.39, 0.29) is 5.91 Å². The Morgan fingerprint density at radius 1 is 1.40 bits per heavy atom. The smallest absolute Gasteiger partial charge is 0.243 e. The molecule has 0 radical (unpaired) electrons. The highest BCUT2D eigenvalue weighted by Gasteiger charge is 2.38. The van der Waals surface area contributed by atoms with Crippen LogP contribution in [0.5, 0.6) is 0 Å². The lowest BCUT2D eigenvalue weighted by atomic mass is 9.84. The quantitative estimate of drug-likeness (QED) is 0.789. The summed E-state index contributed by atoms with van der Waals surface area (Å²) in [7, 11) is 3.87. The number of likely N-dealkylation sites (N-methyl/N-ethyl adjacent to an activating group) is 2. The van der Waals surface area contributed by atoms with E-state index in [1.54, 1.807) is 7.05 Å². The van der Waals surface area contributed by atoms with Crippen LogP contribution in [0.1, 0.15) is 24.8 Å². The normalized spacial score (nSPS) is 18.6. The summed E-state index contributed by atoms with van der Waals surface area (Å²) < 4.78 is 0. The SMILES string of the molecule is CNC(CN(C)CC1CCC1)(C(N)=O)c1ccccc1. The molecule has 4 nitrogen and oxygen atoms in total. The van der Waals surface area contributed by atoms with E-state index in [9.17, 15) is 4.79 Å². The van der Waals surface area contributed by atoms with Gasteiger partial charge in [0, 0.05) is 13.1 Å². The maximum absolute atomic E-state index is 12.1. The van der Waals surface area contributed by atoms with E-state index in [1.807, 2.05) is 30.3 Å². The van der Waals surface area contributed by atoms with Gasteiger partial charge in [-0.2, -0.15) is 0 Å². The van der Waals surface area contributed by atoms with Crippen molar-refractivity contribution in [2.45, 2.75) is 24.8 Å². The van der Waals surface area contributed by atoms with Crippen LogP contribution in [0, 0.1) is 5.92 Å². The van der Waals surface area contributed by atoms with Crippen molar-refractivity contribution in [1.82, 2.24) is 10.2 Å². The fourth-order valence-electron chi connectivity index (χ4n) is 2.97. The van der Waals surface area contributed by atoms with Crippen molar-refractivity contribution in [3.05, 3.63) is 35.9 Å². The van der Waals surface area contributed by atoms with Crippen molar-refractivity contribution in [2.24, 2.45) is 11.7 Å². The van der Waals surface area contributed by atoms with E-state index in [1.165, 1.54) is 19.3 Å². The second-order valence-corrected chi connectivity index (χ2v) is 5.88. The van der Waals surface area contributed by atoms with E-state index in [2.05, 4.69) is 17.3 Å². The number of amides is 1. The number of hydrogen-bond donors (Lipinski definition) is 2. The standard InChI is InChI=1S/C16H25N3O/c1-18-16(15(17)20,14-9-4-3-5-10-14)12-19(2)11-13-7-6-8-13/h3-5,9-10,13,18H,6-8,11-12H2,1-2H3,(H2,17,20). The molecule has 1 amide bonds. The number of carbonyl (C=O) groups excluding carboxylic acids is 1. The Morgan fingerprint density at radius 3 is 2.50 bits per heavy atom. The zero-order valence-corrected chi connectivity index (χ0v) is 12.4. The van der Waals surface area contributed by atoms with Crippen molar-refractivity contribution in [3.63, 3.8) is 0 Å². The molecule has 1 aliphatic rings. The average molecular weight is 275 g/mol. The van der Waals surface area contributed by atoms with Crippen molar-refractivity contribution in [1.29, 1.82) is 0 Å². The largest absolute Gasteiger partial charge is 0.368 e. The molecule has 0 aromatic heterocycles. The minimum Gasteiger partial charge on any atom is -0.368 e. The predicted octanol–water partition coefficient (Wildman–Crippen LogP) is 1.32. The second kappa shape index (κ2) is 6.37. The first-order chi connectivity index (χ1) is 9.58. The molecule has 2 rings (SSSR count). The molecule has 1 atom stereocenters. The van der Waals surface area contributed by atoms with Crippen LogP contribution in [0.3, 0.4) is 0 Å². The fraction of sp³-hybridized carbons (Fsp3) is 0.562. The molecule has 1 unspecified atom stereocenters. The first-order valence-electron chi connectivity index (χ1n) is 7.31.